The number of piperidine rings is 1. The van der Waals surface area contributed by atoms with Crippen molar-refractivity contribution in [2.45, 2.75) is 38.8 Å². The summed E-state index contributed by atoms with van der Waals surface area (Å²) in [6.07, 6.45) is 0.457. The largest absolute Gasteiger partial charge is 0.471 e. The van der Waals surface area contributed by atoms with Crippen molar-refractivity contribution in [3.8, 4) is 11.4 Å². The third-order valence-corrected chi connectivity index (χ3v) is 5.68. The second-order valence-electron chi connectivity index (χ2n) is 7.93. The number of hydrogen-bond acceptors (Lipinski definition) is 5. The summed E-state index contributed by atoms with van der Waals surface area (Å²) in [6, 6.07) is 5.94. The summed E-state index contributed by atoms with van der Waals surface area (Å²) in [5.74, 6) is -1.97. The minimum absolute atomic E-state index is 0.186. The van der Waals surface area contributed by atoms with E-state index in [-0.39, 0.29) is 11.7 Å². The molecule has 0 N–H and O–H groups in total. The number of nitrogens with zero attached hydrogens (tertiary/aromatic N) is 4. The van der Waals surface area contributed by atoms with Gasteiger partial charge in [-0.25, -0.2) is 4.99 Å². The predicted octanol–water partition coefficient (Wildman–Crippen LogP) is 4.23. The number of carbonyl (C=O) groups excluding carboxylic acids is 1. The molecule has 4 rings (SSSR count). The molecule has 0 atom stereocenters. The number of benzene rings is 1. The Hall–Kier alpha value is -2.55. The van der Waals surface area contributed by atoms with Crippen molar-refractivity contribution in [2.75, 3.05) is 19.6 Å². The van der Waals surface area contributed by atoms with E-state index in [1.807, 2.05) is 6.92 Å². The monoisotopic (exact) mass is 406 g/mol. The second-order valence-corrected chi connectivity index (χ2v) is 7.93. The van der Waals surface area contributed by atoms with Gasteiger partial charge in [0.2, 0.25) is 5.82 Å². The summed E-state index contributed by atoms with van der Waals surface area (Å²) in [6.45, 7) is 4.59. The van der Waals surface area contributed by atoms with E-state index >= 15 is 0 Å². The highest BCUT2D eigenvalue weighted by atomic mass is 19.4. The van der Waals surface area contributed by atoms with Crippen molar-refractivity contribution < 1.29 is 22.5 Å². The number of rotatable bonds is 4. The van der Waals surface area contributed by atoms with E-state index < -0.39 is 12.1 Å². The van der Waals surface area contributed by atoms with Crippen molar-refractivity contribution in [3.63, 3.8) is 0 Å². The van der Waals surface area contributed by atoms with E-state index in [9.17, 15) is 18.0 Å². The van der Waals surface area contributed by atoms with Crippen LogP contribution in [0.2, 0.25) is 0 Å². The normalized spacial score (nSPS) is 19.5. The molecule has 1 aromatic carbocycles. The number of hydrogen-bond donors (Lipinski definition) is 0. The van der Waals surface area contributed by atoms with Crippen LogP contribution in [-0.2, 0) is 6.18 Å². The number of halogens is 3. The van der Waals surface area contributed by atoms with E-state index in [1.165, 1.54) is 49.9 Å². The Morgan fingerprint density at radius 1 is 1.17 bits per heavy atom. The lowest BCUT2D eigenvalue weighted by Crippen LogP contribution is -2.37. The zero-order valence-electron chi connectivity index (χ0n) is 16.0. The lowest BCUT2D eigenvalue weighted by Gasteiger charge is -2.31. The molecule has 1 aliphatic carbocycles. The molecule has 1 spiro atoms. The van der Waals surface area contributed by atoms with Gasteiger partial charge in [-0.15, -0.1) is 0 Å². The SMILES string of the molecule is CC(CN1CCC2(CC1)CC2)=NC(=O)c1ccc(-c2noc(C(F)(F)F)n2)cc1. The molecule has 0 radical (unpaired) electrons. The Balaban J connectivity index is 1.37. The van der Waals surface area contributed by atoms with Gasteiger partial charge in [-0.3, -0.25) is 9.69 Å². The number of amides is 1. The molecule has 0 unspecified atom stereocenters. The average molecular weight is 406 g/mol. The van der Waals surface area contributed by atoms with Gasteiger partial charge in [0.25, 0.3) is 5.91 Å². The summed E-state index contributed by atoms with van der Waals surface area (Å²) in [7, 11) is 0. The molecule has 1 aliphatic heterocycles. The van der Waals surface area contributed by atoms with Crippen LogP contribution >= 0.6 is 0 Å². The maximum Gasteiger partial charge on any atom is 0.471 e. The molecule has 0 bridgehead atoms. The molecule has 2 fully saturated rings. The van der Waals surface area contributed by atoms with E-state index in [1.54, 1.807) is 0 Å². The number of likely N-dealkylation sites (tertiary alicyclic amines) is 1. The van der Waals surface area contributed by atoms with Crippen LogP contribution in [0.1, 0.15) is 48.9 Å². The molecule has 1 saturated heterocycles. The minimum atomic E-state index is -4.69. The van der Waals surface area contributed by atoms with Crippen molar-refractivity contribution in [1.29, 1.82) is 0 Å². The van der Waals surface area contributed by atoms with Gasteiger partial charge < -0.3 is 4.52 Å². The highest BCUT2D eigenvalue weighted by molar-refractivity contribution is 6.03. The lowest BCUT2D eigenvalue weighted by molar-refractivity contribution is -0.159. The van der Waals surface area contributed by atoms with Crippen LogP contribution in [0.15, 0.2) is 33.8 Å². The summed E-state index contributed by atoms with van der Waals surface area (Å²) >= 11 is 0. The van der Waals surface area contributed by atoms with Crippen molar-refractivity contribution in [3.05, 3.63) is 35.7 Å². The van der Waals surface area contributed by atoms with Crippen LogP contribution in [0, 0.1) is 5.41 Å². The van der Waals surface area contributed by atoms with Crippen molar-refractivity contribution >= 4 is 11.6 Å². The molecule has 2 heterocycles. The van der Waals surface area contributed by atoms with Gasteiger partial charge in [-0.05, 0) is 63.2 Å². The van der Waals surface area contributed by atoms with Gasteiger partial charge in [-0.1, -0.05) is 17.3 Å². The van der Waals surface area contributed by atoms with Crippen LogP contribution in [0.4, 0.5) is 13.2 Å². The van der Waals surface area contributed by atoms with Gasteiger partial charge >= 0.3 is 12.1 Å². The summed E-state index contributed by atoms with van der Waals surface area (Å²) in [5.41, 5.74) is 2.03. The fourth-order valence-corrected chi connectivity index (χ4v) is 3.68. The van der Waals surface area contributed by atoms with Crippen LogP contribution in [0.25, 0.3) is 11.4 Å². The van der Waals surface area contributed by atoms with Gasteiger partial charge in [0, 0.05) is 23.4 Å². The Morgan fingerprint density at radius 3 is 2.38 bits per heavy atom. The molecule has 1 aromatic heterocycles. The van der Waals surface area contributed by atoms with Crippen molar-refractivity contribution in [1.82, 2.24) is 15.0 Å². The quantitative estimate of drug-likeness (QED) is 0.711. The molecule has 6 nitrogen and oxygen atoms in total. The first kappa shape index (κ1) is 19.8. The Bertz CT molecular complexity index is 920. The molecule has 1 amide bonds. The van der Waals surface area contributed by atoms with E-state index in [0.29, 0.717) is 23.1 Å². The first-order chi connectivity index (χ1) is 13.7. The predicted molar refractivity (Wildman–Crippen MR) is 99.5 cm³/mol. The third kappa shape index (κ3) is 4.55. The van der Waals surface area contributed by atoms with Gasteiger partial charge in [-0.2, -0.15) is 18.2 Å². The minimum Gasteiger partial charge on any atom is -0.329 e. The standard InChI is InChI=1S/C20H21F3N4O2/c1-13(12-27-10-8-19(6-7-19)9-11-27)24-17(28)15-4-2-14(3-5-15)16-25-18(29-26-16)20(21,22)23/h2-5H,6-12H2,1H3. The molecule has 9 heteroatoms. The zero-order chi connectivity index (χ0) is 20.6. The van der Waals surface area contributed by atoms with Crippen LogP contribution in [0.5, 0.6) is 0 Å². The van der Waals surface area contributed by atoms with E-state index in [4.69, 9.17) is 0 Å². The van der Waals surface area contributed by atoms with E-state index in [2.05, 4.69) is 24.6 Å². The Morgan fingerprint density at radius 2 is 1.83 bits per heavy atom. The topological polar surface area (TPSA) is 71.6 Å². The summed E-state index contributed by atoms with van der Waals surface area (Å²) < 4.78 is 41.9. The smallest absolute Gasteiger partial charge is 0.329 e. The van der Waals surface area contributed by atoms with Gasteiger partial charge in [0.15, 0.2) is 0 Å². The maximum atomic E-state index is 12.6. The summed E-state index contributed by atoms with van der Waals surface area (Å²) in [5, 5.41) is 3.33. The summed E-state index contributed by atoms with van der Waals surface area (Å²) in [4.78, 5) is 22.2. The first-order valence-electron chi connectivity index (χ1n) is 9.56. The molecular formula is C20H21F3N4O2. The van der Waals surface area contributed by atoms with Gasteiger partial charge in [0.1, 0.15) is 0 Å². The van der Waals surface area contributed by atoms with Crippen LogP contribution in [-0.4, -0.2) is 46.3 Å². The number of aromatic nitrogens is 2. The lowest BCUT2D eigenvalue weighted by atomic mass is 9.94. The fourth-order valence-electron chi connectivity index (χ4n) is 3.68. The fraction of sp³-hybridized carbons (Fsp3) is 0.500. The number of carbonyl (C=O) groups is 1. The Kier molecular flexibility index (Phi) is 5.02. The average Bonchev–Trinajstić information content (AvgIpc) is 3.23. The van der Waals surface area contributed by atoms with Crippen LogP contribution in [0.3, 0.4) is 0 Å². The molecule has 29 heavy (non-hydrogen) atoms. The van der Waals surface area contributed by atoms with Crippen LogP contribution < -0.4 is 0 Å². The first-order valence-corrected chi connectivity index (χ1v) is 9.56. The molecule has 2 aliphatic rings. The molecule has 1 saturated carbocycles. The van der Waals surface area contributed by atoms with Crippen molar-refractivity contribution in [2.24, 2.45) is 10.4 Å². The van der Waals surface area contributed by atoms with Gasteiger partial charge in [0.05, 0.1) is 0 Å². The van der Waals surface area contributed by atoms with E-state index in [0.717, 1.165) is 18.8 Å². The number of aliphatic imine (C=N–C) groups is 1. The number of alkyl halides is 3. The Labute approximate surface area is 165 Å². The maximum absolute atomic E-state index is 12.6. The molecule has 154 valence electrons. The highest BCUT2D eigenvalue weighted by Gasteiger charge is 2.44. The second kappa shape index (κ2) is 7.37. The highest BCUT2D eigenvalue weighted by Crippen LogP contribution is 2.53. The molecule has 2 aromatic rings. The zero-order valence-corrected chi connectivity index (χ0v) is 16.0. The third-order valence-electron chi connectivity index (χ3n) is 5.68. The molecular weight excluding hydrogens is 385 g/mol.